The quantitative estimate of drug-likeness (QED) is 0.879. The van der Waals surface area contributed by atoms with Crippen LogP contribution >= 0.6 is 11.6 Å². The molecule has 1 fully saturated rings. The molecule has 1 saturated carbocycles. The summed E-state index contributed by atoms with van der Waals surface area (Å²) in [4.78, 5) is 0. The smallest absolute Gasteiger partial charge is 0.122 e. The van der Waals surface area contributed by atoms with Crippen LogP contribution in [0, 0.1) is 5.92 Å². The first-order chi connectivity index (χ1) is 9.70. The zero-order valence-electron chi connectivity index (χ0n) is 12.3. The number of ether oxygens (including phenoxy) is 1. The Bertz CT molecular complexity index is 411. The standard InChI is InChI=1S/C17H25ClO2/c1-20-17-10-9-15(18)11-14(17)12-16(19)13-7-5-3-2-4-6-8-13/h9-11,13,16,19H,2-8,12H2,1H3. The minimum atomic E-state index is -0.291. The van der Waals surface area contributed by atoms with E-state index < -0.39 is 0 Å². The lowest BCUT2D eigenvalue weighted by molar-refractivity contribution is 0.0907. The van der Waals surface area contributed by atoms with Crippen molar-refractivity contribution >= 4 is 11.6 Å². The lowest BCUT2D eigenvalue weighted by Gasteiger charge is -2.25. The lowest BCUT2D eigenvalue weighted by atomic mass is 9.85. The van der Waals surface area contributed by atoms with Crippen molar-refractivity contribution in [2.45, 2.75) is 57.5 Å². The second-order valence-corrected chi connectivity index (χ2v) is 6.27. The van der Waals surface area contributed by atoms with E-state index in [1.54, 1.807) is 7.11 Å². The molecule has 2 nitrogen and oxygen atoms in total. The first-order valence-corrected chi connectivity index (χ1v) is 8.09. The molecule has 1 aliphatic rings. The molecular formula is C17H25ClO2. The SMILES string of the molecule is COc1ccc(Cl)cc1CC(O)C1CCCCCCC1. The third-order valence-corrected chi connectivity index (χ3v) is 4.60. The van der Waals surface area contributed by atoms with Crippen molar-refractivity contribution in [2.24, 2.45) is 5.92 Å². The highest BCUT2D eigenvalue weighted by atomic mass is 35.5. The largest absolute Gasteiger partial charge is 0.496 e. The first kappa shape index (κ1) is 15.7. The Balaban J connectivity index is 2.02. The molecule has 1 unspecified atom stereocenters. The predicted octanol–water partition coefficient (Wildman–Crippen LogP) is 4.61. The van der Waals surface area contributed by atoms with Gasteiger partial charge in [-0.25, -0.2) is 0 Å². The Labute approximate surface area is 127 Å². The Morgan fingerprint density at radius 2 is 1.85 bits per heavy atom. The van der Waals surface area contributed by atoms with Crippen molar-refractivity contribution in [3.05, 3.63) is 28.8 Å². The highest BCUT2D eigenvalue weighted by molar-refractivity contribution is 6.30. The second kappa shape index (κ2) is 7.90. The van der Waals surface area contributed by atoms with Crippen LogP contribution in [-0.2, 0) is 6.42 Å². The van der Waals surface area contributed by atoms with Crippen molar-refractivity contribution in [1.82, 2.24) is 0 Å². The van der Waals surface area contributed by atoms with E-state index in [-0.39, 0.29) is 6.10 Å². The van der Waals surface area contributed by atoms with E-state index in [1.807, 2.05) is 18.2 Å². The number of methoxy groups -OCH3 is 1. The van der Waals surface area contributed by atoms with Crippen LogP contribution in [0.3, 0.4) is 0 Å². The van der Waals surface area contributed by atoms with Crippen molar-refractivity contribution in [3.63, 3.8) is 0 Å². The summed E-state index contributed by atoms with van der Waals surface area (Å²) >= 11 is 6.05. The van der Waals surface area contributed by atoms with Crippen LogP contribution in [0.1, 0.15) is 50.5 Å². The van der Waals surface area contributed by atoms with Gasteiger partial charge in [0.2, 0.25) is 0 Å². The van der Waals surface area contributed by atoms with Crippen LogP contribution in [0.2, 0.25) is 5.02 Å². The monoisotopic (exact) mass is 296 g/mol. The zero-order valence-corrected chi connectivity index (χ0v) is 13.0. The molecule has 0 heterocycles. The summed E-state index contributed by atoms with van der Waals surface area (Å²) in [5.41, 5.74) is 1.01. The minimum Gasteiger partial charge on any atom is -0.496 e. The summed E-state index contributed by atoms with van der Waals surface area (Å²) in [6, 6.07) is 5.61. The normalized spacial score (nSPS) is 19.1. The minimum absolute atomic E-state index is 0.291. The number of hydrogen-bond acceptors (Lipinski definition) is 2. The average molecular weight is 297 g/mol. The third-order valence-electron chi connectivity index (χ3n) is 4.37. The number of aliphatic hydroxyl groups excluding tert-OH is 1. The Hall–Kier alpha value is -0.730. The molecule has 0 bridgehead atoms. The molecule has 0 radical (unpaired) electrons. The van der Waals surface area contributed by atoms with Crippen molar-refractivity contribution in [2.75, 3.05) is 7.11 Å². The van der Waals surface area contributed by atoms with Crippen LogP contribution in [0.15, 0.2) is 18.2 Å². The maximum atomic E-state index is 10.6. The van der Waals surface area contributed by atoms with Gasteiger partial charge in [-0.05, 0) is 42.5 Å². The Morgan fingerprint density at radius 1 is 1.20 bits per heavy atom. The molecule has 3 heteroatoms. The number of halogens is 1. The molecule has 1 N–H and O–H groups in total. The number of rotatable bonds is 4. The fraction of sp³-hybridized carbons (Fsp3) is 0.647. The molecule has 0 spiro atoms. The average Bonchev–Trinajstić information content (AvgIpc) is 2.38. The van der Waals surface area contributed by atoms with E-state index in [9.17, 15) is 5.11 Å². The fourth-order valence-electron chi connectivity index (χ4n) is 3.17. The maximum Gasteiger partial charge on any atom is 0.122 e. The van der Waals surface area contributed by atoms with Gasteiger partial charge in [0.1, 0.15) is 5.75 Å². The summed E-state index contributed by atoms with van der Waals surface area (Å²) in [6.07, 6.45) is 9.09. The van der Waals surface area contributed by atoms with Crippen molar-refractivity contribution < 1.29 is 9.84 Å². The van der Waals surface area contributed by atoms with E-state index in [4.69, 9.17) is 16.3 Å². The van der Waals surface area contributed by atoms with Gasteiger partial charge in [-0.1, -0.05) is 43.7 Å². The fourth-order valence-corrected chi connectivity index (χ4v) is 3.37. The molecule has 1 atom stereocenters. The molecule has 0 saturated heterocycles. The molecule has 2 rings (SSSR count). The van der Waals surface area contributed by atoms with Crippen molar-refractivity contribution in [3.8, 4) is 5.75 Å². The van der Waals surface area contributed by atoms with Crippen LogP contribution in [0.4, 0.5) is 0 Å². The number of aliphatic hydroxyl groups is 1. The summed E-state index contributed by atoms with van der Waals surface area (Å²) in [5.74, 6) is 1.23. The van der Waals surface area contributed by atoms with E-state index in [1.165, 1.54) is 32.1 Å². The van der Waals surface area contributed by atoms with Crippen LogP contribution in [0.5, 0.6) is 5.75 Å². The van der Waals surface area contributed by atoms with E-state index in [2.05, 4.69) is 0 Å². The lowest BCUT2D eigenvalue weighted by Crippen LogP contribution is -2.24. The zero-order chi connectivity index (χ0) is 14.4. The van der Waals surface area contributed by atoms with Gasteiger partial charge in [0.25, 0.3) is 0 Å². The van der Waals surface area contributed by atoms with Crippen molar-refractivity contribution in [1.29, 1.82) is 0 Å². The molecule has 112 valence electrons. The summed E-state index contributed by atoms with van der Waals surface area (Å²) in [6.45, 7) is 0. The summed E-state index contributed by atoms with van der Waals surface area (Å²) < 4.78 is 5.36. The molecule has 0 amide bonds. The Kier molecular flexibility index (Phi) is 6.18. The van der Waals surface area contributed by atoms with Gasteiger partial charge in [0.15, 0.2) is 0 Å². The van der Waals surface area contributed by atoms with Crippen LogP contribution in [-0.4, -0.2) is 18.3 Å². The second-order valence-electron chi connectivity index (χ2n) is 5.83. The van der Waals surface area contributed by atoms with Gasteiger partial charge >= 0.3 is 0 Å². The van der Waals surface area contributed by atoms with Crippen LogP contribution in [0.25, 0.3) is 0 Å². The molecule has 20 heavy (non-hydrogen) atoms. The molecule has 1 aliphatic carbocycles. The topological polar surface area (TPSA) is 29.5 Å². The highest BCUT2D eigenvalue weighted by Crippen LogP contribution is 2.29. The molecule has 1 aromatic rings. The van der Waals surface area contributed by atoms with Gasteiger partial charge in [-0.2, -0.15) is 0 Å². The van der Waals surface area contributed by atoms with Gasteiger partial charge in [0.05, 0.1) is 13.2 Å². The summed E-state index contributed by atoms with van der Waals surface area (Å²) in [5, 5.41) is 11.3. The van der Waals surface area contributed by atoms with Gasteiger partial charge in [-0.3, -0.25) is 0 Å². The molecule has 1 aromatic carbocycles. The molecular weight excluding hydrogens is 272 g/mol. The summed E-state index contributed by atoms with van der Waals surface area (Å²) in [7, 11) is 1.66. The highest BCUT2D eigenvalue weighted by Gasteiger charge is 2.21. The van der Waals surface area contributed by atoms with Crippen LogP contribution < -0.4 is 4.74 Å². The van der Waals surface area contributed by atoms with E-state index in [0.29, 0.717) is 17.4 Å². The third kappa shape index (κ3) is 4.39. The first-order valence-electron chi connectivity index (χ1n) is 7.71. The number of hydrogen-bond donors (Lipinski definition) is 1. The predicted molar refractivity (Wildman–Crippen MR) is 83.5 cm³/mol. The molecule has 0 aliphatic heterocycles. The van der Waals surface area contributed by atoms with Gasteiger partial charge in [-0.15, -0.1) is 0 Å². The maximum absolute atomic E-state index is 10.6. The van der Waals surface area contributed by atoms with E-state index in [0.717, 1.165) is 24.2 Å². The molecule has 0 aromatic heterocycles. The van der Waals surface area contributed by atoms with Gasteiger partial charge in [0, 0.05) is 11.4 Å². The van der Waals surface area contributed by atoms with E-state index >= 15 is 0 Å². The number of benzene rings is 1. The van der Waals surface area contributed by atoms with Gasteiger partial charge < -0.3 is 9.84 Å². The Morgan fingerprint density at radius 3 is 2.50 bits per heavy atom.